The van der Waals surface area contributed by atoms with Crippen molar-refractivity contribution in [3.05, 3.63) is 122 Å². The number of esters is 2. The summed E-state index contributed by atoms with van der Waals surface area (Å²) in [4.78, 5) is 35.0. The van der Waals surface area contributed by atoms with Gasteiger partial charge in [-0.3, -0.25) is 18.6 Å². The monoisotopic (exact) mass is 980 g/mol. The molecule has 9 nitrogen and oxygen atoms in total. The number of carbonyl (C=O) groups excluding carboxylic acids is 2. The number of nitrogens with two attached hydrogens (primary N) is 1. The van der Waals surface area contributed by atoms with Crippen molar-refractivity contribution in [1.82, 2.24) is 0 Å². The molecule has 0 saturated carbocycles. The summed E-state index contributed by atoms with van der Waals surface area (Å²) in [7, 11) is -4.40. The van der Waals surface area contributed by atoms with Gasteiger partial charge in [0.2, 0.25) is 0 Å². The molecule has 0 aliphatic rings. The number of rotatable bonds is 49. The minimum atomic E-state index is -4.40. The van der Waals surface area contributed by atoms with Gasteiger partial charge in [-0.2, -0.15) is 0 Å². The lowest BCUT2D eigenvalue weighted by Crippen LogP contribution is -2.29. The van der Waals surface area contributed by atoms with Crippen LogP contribution in [0.25, 0.3) is 0 Å². The SMILES string of the molecule is CC/C=C\C/C=C\C/C=C\C/C=C\C/C=C\C/C=C\CCCCCCCCCCCCCCCCC(=O)OC(COC(=O)CCCC/C=C\C/C=C\C/C=C\C/C=C\CC)COP(=O)(O)OCCN. The van der Waals surface area contributed by atoms with Gasteiger partial charge in [0.15, 0.2) is 6.10 Å². The Labute approximate surface area is 421 Å². The van der Waals surface area contributed by atoms with Crippen LogP contribution in [0, 0.1) is 0 Å². The van der Waals surface area contributed by atoms with Crippen molar-refractivity contribution in [2.45, 2.75) is 213 Å². The topological polar surface area (TPSA) is 134 Å². The molecule has 10 heteroatoms. The van der Waals surface area contributed by atoms with Crippen LogP contribution in [0.1, 0.15) is 206 Å². The first-order valence-corrected chi connectivity index (χ1v) is 28.5. The summed E-state index contributed by atoms with van der Waals surface area (Å²) in [5.74, 6) is -0.884. The van der Waals surface area contributed by atoms with Crippen molar-refractivity contribution < 1.29 is 37.6 Å². The predicted molar refractivity (Wildman–Crippen MR) is 293 cm³/mol. The number of phosphoric acid groups is 1. The highest BCUT2D eigenvalue weighted by molar-refractivity contribution is 7.47. The van der Waals surface area contributed by atoms with E-state index in [0.29, 0.717) is 12.8 Å². The molecule has 392 valence electrons. The highest BCUT2D eigenvalue weighted by Gasteiger charge is 2.26. The zero-order valence-electron chi connectivity index (χ0n) is 43.5. The van der Waals surface area contributed by atoms with Crippen LogP contribution in [0.4, 0.5) is 0 Å². The van der Waals surface area contributed by atoms with E-state index in [-0.39, 0.29) is 32.6 Å². The fourth-order valence-electron chi connectivity index (χ4n) is 6.92. The minimum Gasteiger partial charge on any atom is -0.462 e. The average Bonchev–Trinajstić information content (AvgIpc) is 3.34. The molecule has 0 aromatic carbocycles. The van der Waals surface area contributed by atoms with Crippen LogP contribution in [0.3, 0.4) is 0 Å². The van der Waals surface area contributed by atoms with Gasteiger partial charge >= 0.3 is 19.8 Å². The first-order chi connectivity index (χ1) is 33.8. The Morgan fingerprint density at radius 2 is 0.754 bits per heavy atom. The number of allylic oxidation sites excluding steroid dienone is 20. The molecule has 2 atom stereocenters. The summed E-state index contributed by atoms with van der Waals surface area (Å²) >= 11 is 0. The van der Waals surface area contributed by atoms with Gasteiger partial charge in [0, 0.05) is 19.4 Å². The lowest BCUT2D eigenvalue weighted by molar-refractivity contribution is -0.161. The molecule has 0 saturated heterocycles. The van der Waals surface area contributed by atoms with Crippen LogP contribution in [-0.2, 0) is 32.7 Å². The molecule has 0 aliphatic carbocycles. The smallest absolute Gasteiger partial charge is 0.462 e. The zero-order valence-corrected chi connectivity index (χ0v) is 44.4. The van der Waals surface area contributed by atoms with Crippen LogP contribution < -0.4 is 5.73 Å². The predicted octanol–water partition coefficient (Wildman–Crippen LogP) is 16.8. The van der Waals surface area contributed by atoms with Gasteiger partial charge < -0.3 is 20.1 Å². The van der Waals surface area contributed by atoms with E-state index in [9.17, 15) is 19.0 Å². The lowest BCUT2D eigenvalue weighted by atomic mass is 10.0. The van der Waals surface area contributed by atoms with Crippen LogP contribution >= 0.6 is 7.82 Å². The summed E-state index contributed by atoms with van der Waals surface area (Å²) < 4.78 is 32.9. The second-order valence-corrected chi connectivity index (χ2v) is 18.8. The standard InChI is InChI=1S/C59H98NO8P/c1-3-5-7-9-11-13-15-17-19-20-21-22-23-24-25-26-27-28-29-30-31-32-33-34-35-36-38-40-42-44-46-48-50-52-59(62)68-57(56-67-69(63,64)66-54-53-60)55-65-58(61)51-49-47-45-43-41-39-37-18-16-14-12-10-8-6-4-2/h5-8,11-14,17-19,21-22,24-25,27-28,37,41,43,57H,3-4,9-10,15-16,20,23,26,29-36,38-40,42,44-56,60H2,1-2H3,(H,63,64)/b7-5-,8-6-,13-11-,14-12-,19-17-,22-21-,25-24-,28-27-,37-18-,43-41-. The van der Waals surface area contributed by atoms with Gasteiger partial charge in [0.25, 0.3) is 0 Å². The van der Waals surface area contributed by atoms with Gasteiger partial charge in [-0.15, -0.1) is 0 Å². The molecule has 0 spiro atoms. The molecule has 0 aromatic rings. The van der Waals surface area contributed by atoms with E-state index in [0.717, 1.165) is 96.3 Å². The Hall–Kier alpha value is -3.59. The summed E-state index contributed by atoms with van der Waals surface area (Å²) in [6, 6.07) is 0. The molecule has 0 fully saturated rings. The van der Waals surface area contributed by atoms with Crippen LogP contribution in [0.15, 0.2) is 122 Å². The molecule has 0 amide bonds. The molecule has 0 aliphatic heterocycles. The zero-order chi connectivity index (χ0) is 50.2. The molecule has 3 N–H and O–H groups in total. The molecule has 0 aromatic heterocycles. The lowest BCUT2D eigenvalue weighted by Gasteiger charge is -2.19. The molecular formula is C59H98NO8P. The van der Waals surface area contributed by atoms with Gasteiger partial charge in [-0.1, -0.05) is 212 Å². The quantitative estimate of drug-likeness (QED) is 0.0264. The van der Waals surface area contributed by atoms with E-state index in [1.54, 1.807) is 0 Å². The molecular weight excluding hydrogens is 882 g/mol. The molecule has 0 radical (unpaired) electrons. The van der Waals surface area contributed by atoms with Crippen molar-refractivity contribution in [2.24, 2.45) is 5.73 Å². The summed E-state index contributed by atoms with van der Waals surface area (Å²) in [5, 5.41) is 0. The van der Waals surface area contributed by atoms with E-state index in [1.165, 1.54) is 70.6 Å². The van der Waals surface area contributed by atoms with Crippen LogP contribution in [-0.4, -0.2) is 49.3 Å². The normalized spacial score (nSPS) is 14.1. The van der Waals surface area contributed by atoms with E-state index >= 15 is 0 Å². The average molecular weight is 980 g/mol. The Kier molecular flexibility index (Phi) is 51.0. The number of unbranched alkanes of at least 4 members (excludes halogenated alkanes) is 16. The number of phosphoric ester groups is 1. The summed E-state index contributed by atoms with van der Waals surface area (Å²) in [6.45, 7) is 3.45. The van der Waals surface area contributed by atoms with Gasteiger partial charge in [-0.25, -0.2) is 4.57 Å². The molecule has 69 heavy (non-hydrogen) atoms. The number of ether oxygens (including phenoxy) is 2. The van der Waals surface area contributed by atoms with Crippen molar-refractivity contribution >= 4 is 19.8 Å². The van der Waals surface area contributed by atoms with Crippen LogP contribution in [0.5, 0.6) is 0 Å². The van der Waals surface area contributed by atoms with Crippen molar-refractivity contribution in [2.75, 3.05) is 26.4 Å². The highest BCUT2D eigenvalue weighted by Crippen LogP contribution is 2.43. The molecule has 0 heterocycles. The first kappa shape index (κ1) is 65.4. The van der Waals surface area contributed by atoms with E-state index < -0.39 is 32.5 Å². The van der Waals surface area contributed by atoms with E-state index in [1.807, 2.05) is 0 Å². The third kappa shape index (κ3) is 53.6. The fraction of sp³-hybridized carbons (Fsp3) is 0.627. The van der Waals surface area contributed by atoms with Gasteiger partial charge in [0.05, 0.1) is 13.2 Å². The van der Waals surface area contributed by atoms with Crippen molar-refractivity contribution in [3.8, 4) is 0 Å². The maximum atomic E-state index is 12.7. The Morgan fingerprint density at radius 1 is 0.435 bits per heavy atom. The van der Waals surface area contributed by atoms with Crippen molar-refractivity contribution in [1.29, 1.82) is 0 Å². The van der Waals surface area contributed by atoms with Crippen molar-refractivity contribution in [3.63, 3.8) is 0 Å². The minimum absolute atomic E-state index is 0.0420. The number of hydrogen-bond acceptors (Lipinski definition) is 8. The summed E-state index contributed by atoms with van der Waals surface area (Å²) in [6.07, 6.45) is 74.0. The molecule has 0 rings (SSSR count). The van der Waals surface area contributed by atoms with E-state index in [2.05, 4.69) is 135 Å². The van der Waals surface area contributed by atoms with Crippen LogP contribution in [0.2, 0.25) is 0 Å². The largest absolute Gasteiger partial charge is 0.472 e. The highest BCUT2D eigenvalue weighted by atomic mass is 31.2. The first-order valence-electron chi connectivity index (χ1n) is 27.0. The van der Waals surface area contributed by atoms with E-state index in [4.69, 9.17) is 24.3 Å². The fourth-order valence-corrected chi connectivity index (χ4v) is 7.69. The van der Waals surface area contributed by atoms with Gasteiger partial charge in [0.1, 0.15) is 6.61 Å². The molecule has 2 unspecified atom stereocenters. The third-order valence-corrected chi connectivity index (χ3v) is 11.8. The molecule has 0 bridgehead atoms. The Balaban J connectivity index is 3.99. The second-order valence-electron chi connectivity index (χ2n) is 17.3. The second kappa shape index (κ2) is 53.8. The summed E-state index contributed by atoms with van der Waals surface area (Å²) in [5.41, 5.74) is 5.37. The Morgan fingerprint density at radius 3 is 1.14 bits per heavy atom. The third-order valence-electron chi connectivity index (χ3n) is 10.8. The Bertz CT molecular complexity index is 1540. The number of hydrogen-bond donors (Lipinski definition) is 2. The maximum Gasteiger partial charge on any atom is 0.472 e. The maximum absolute atomic E-state index is 12.7. The number of carbonyl (C=O) groups is 2. The van der Waals surface area contributed by atoms with Gasteiger partial charge in [-0.05, 0) is 103 Å².